The highest BCUT2D eigenvalue weighted by atomic mass is 16.4. The molecule has 0 radical (unpaired) electrons. The van der Waals surface area contributed by atoms with Gasteiger partial charge in [-0.3, -0.25) is 9.59 Å². The molecule has 124 valence electrons. The number of amides is 1. The van der Waals surface area contributed by atoms with E-state index in [0.717, 1.165) is 5.69 Å². The van der Waals surface area contributed by atoms with Gasteiger partial charge in [0.1, 0.15) is 5.92 Å². The second-order valence-corrected chi connectivity index (χ2v) is 5.85. The van der Waals surface area contributed by atoms with Gasteiger partial charge in [-0.1, -0.05) is 36.4 Å². The van der Waals surface area contributed by atoms with Crippen LogP contribution in [0.4, 0.5) is 5.69 Å². The van der Waals surface area contributed by atoms with Crippen LogP contribution >= 0.6 is 0 Å². The third-order valence-corrected chi connectivity index (χ3v) is 4.34. The highest BCUT2D eigenvalue weighted by molar-refractivity contribution is 6.07. The number of anilines is 1. The minimum atomic E-state index is -0.933. The number of carbonyl (C=O) groups excluding carboxylic acids is 1. The summed E-state index contributed by atoms with van der Waals surface area (Å²) in [6.45, 7) is 0.117. The molecule has 6 heteroatoms. The van der Waals surface area contributed by atoms with Crippen LogP contribution in [0.25, 0.3) is 5.69 Å². The van der Waals surface area contributed by atoms with Crippen molar-refractivity contribution in [2.24, 2.45) is 0 Å². The molecule has 1 amide bonds. The number of carboxylic acids is 1. The van der Waals surface area contributed by atoms with E-state index in [4.69, 9.17) is 0 Å². The molecule has 1 aliphatic rings. The molecule has 25 heavy (non-hydrogen) atoms. The number of benzene rings is 2. The van der Waals surface area contributed by atoms with Crippen LogP contribution in [0.15, 0.2) is 66.9 Å². The van der Waals surface area contributed by atoms with Crippen molar-refractivity contribution in [3.63, 3.8) is 0 Å². The number of aromatic nitrogens is 2. The normalized spacial score (nSPS) is 15.8. The Balaban J connectivity index is 1.66. The molecule has 0 unspecified atom stereocenters. The Kier molecular flexibility index (Phi) is 3.57. The summed E-state index contributed by atoms with van der Waals surface area (Å²) < 4.78 is 1.63. The number of rotatable bonds is 3. The standard InChI is InChI=1S/C19H15N3O3/c23-18(16-10-11-22(20-16)13-6-2-1-3-7-13)21-12-15(19(24)25)14-8-4-5-9-17(14)21/h1-11,15H,12H2,(H,24,25)/t15-/m0/s1. The van der Waals surface area contributed by atoms with Crippen LogP contribution < -0.4 is 4.90 Å². The SMILES string of the molecule is O=C(O)[C@H]1CN(C(=O)c2ccn(-c3ccccc3)n2)c2ccccc21. The van der Waals surface area contributed by atoms with E-state index in [-0.39, 0.29) is 18.1 Å². The predicted molar refractivity (Wildman–Crippen MR) is 92.1 cm³/mol. The lowest BCUT2D eigenvalue weighted by atomic mass is 10.0. The molecular formula is C19H15N3O3. The lowest BCUT2D eigenvalue weighted by Gasteiger charge is -2.16. The summed E-state index contributed by atoms with van der Waals surface area (Å²) in [7, 11) is 0. The molecule has 1 aromatic heterocycles. The molecule has 3 aromatic rings. The van der Waals surface area contributed by atoms with Crippen LogP contribution in [0.2, 0.25) is 0 Å². The summed E-state index contributed by atoms with van der Waals surface area (Å²) >= 11 is 0. The smallest absolute Gasteiger partial charge is 0.312 e. The van der Waals surface area contributed by atoms with Gasteiger partial charge in [0.05, 0.1) is 5.69 Å². The Morgan fingerprint density at radius 1 is 1.00 bits per heavy atom. The average molecular weight is 333 g/mol. The molecule has 0 fully saturated rings. The first-order chi connectivity index (χ1) is 12.1. The van der Waals surface area contributed by atoms with Crippen molar-refractivity contribution in [3.8, 4) is 5.69 Å². The van der Waals surface area contributed by atoms with Crippen molar-refractivity contribution >= 4 is 17.6 Å². The summed E-state index contributed by atoms with van der Waals surface area (Å²) in [5, 5.41) is 13.8. The quantitative estimate of drug-likeness (QED) is 0.799. The van der Waals surface area contributed by atoms with Crippen molar-refractivity contribution in [2.45, 2.75) is 5.92 Å². The second kappa shape index (κ2) is 5.90. The van der Waals surface area contributed by atoms with E-state index in [2.05, 4.69) is 5.10 Å². The highest BCUT2D eigenvalue weighted by Crippen LogP contribution is 2.36. The van der Waals surface area contributed by atoms with Gasteiger partial charge in [-0.15, -0.1) is 0 Å². The van der Waals surface area contributed by atoms with Gasteiger partial charge in [-0.2, -0.15) is 5.10 Å². The maximum Gasteiger partial charge on any atom is 0.312 e. The van der Waals surface area contributed by atoms with Gasteiger partial charge < -0.3 is 10.0 Å². The van der Waals surface area contributed by atoms with Crippen molar-refractivity contribution in [1.82, 2.24) is 9.78 Å². The van der Waals surface area contributed by atoms with Gasteiger partial charge in [0.25, 0.3) is 5.91 Å². The van der Waals surface area contributed by atoms with Crippen LogP contribution in [0, 0.1) is 0 Å². The predicted octanol–water partition coefficient (Wildman–Crippen LogP) is 2.70. The van der Waals surface area contributed by atoms with Gasteiger partial charge in [0.2, 0.25) is 0 Å². The van der Waals surface area contributed by atoms with Gasteiger partial charge in [-0.25, -0.2) is 4.68 Å². The van der Waals surface area contributed by atoms with Crippen LogP contribution in [0.3, 0.4) is 0 Å². The van der Waals surface area contributed by atoms with E-state index in [1.807, 2.05) is 30.3 Å². The van der Waals surface area contributed by atoms with Crippen LogP contribution in [-0.4, -0.2) is 33.3 Å². The summed E-state index contributed by atoms with van der Waals surface area (Å²) in [4.78, 5) is 25.9. The second-order valence-electron chi connectivity index (χ2n) is 5.85. The fraction of sp³-hybridized carbons (Fsp3) is 0.105. The van der Waals surface area contributed by atoms with Crippen molar-refractivity contribution in [1.29, 1.82) is 0 Å². The number of fused-ring (bicyclic) bond motifs is 1. The Morgan fingerprint density at radius 3 is 2.48 bits per heavy atom. The summed E-state index contributed by atoms with van der Waals surface area (Å²) in [5.74, 6) is -1.94. The molecule has 0 aliphatic carbocycles. The first-order valence-corrected chi connectivity index (χ1v) is 7.90. The number of carbonyl (C=O) groups is 2. The first-order valence-electron chi connectivity index (χ1n) is 7.90. The number of hydrogen-bond acceptors (Lipinski definition) is 3. The lowest BCUT2D eigenvalue weighted by Crippen LogP contribution is -2.31. The largest absolute Gasteiger partial charge is 0.481 e. The van der Waals surface area contributed by atoms with Gasteiger partial charge in [0, 0.05) is 18.4 Å². The Labute approximate surface area is 143 Å². The van der Waals surface area contributed by atoms with Crippen LogP contribution in [0.1, 0.15) is 22.0 Å². The summed E-state index contributed by atoms with van der Waals surface area (Å²) in [6, 6.07) is 18.2. The molecule has 1 N–H and O–H groups in total. The minimum Gasteiger partial charge on any atom is -0.481 e. The number of para-hydroxylation sites is 2. The molecule has 4 rings (SSSR count). The van der Waals surface area contributed by atoms with Crippen molar-refractivity contribution < 1.29 is 14.7 Å². The third-order valence-electron chi connectivity index (χ3n) is 4.34. The fourth-order valence-corrected chi connectivity index (χ4v) is 3.11. The summed E-state index contributed by atoms with van der Waals surface area (Å²) in [6.07, 6.45) is 1.72. The average Bonchev–Trinajstić information content (AvgIpc) is 3.27. The topological polar surface area (TPSA) is 75.4 Å². The fourth-order valence-electron chi connectivity index (χ4n) is 3.11. The van der Waals surface area contributed by atoms with E-state index in [1.165, 1.54) is 4.90 Å². The minimum absolute atomic E-state index is 0.117. The molecule has 6 nitrogen and oxygen atoms in total. The zero-order valence-corrected chi connectivity index (χ0v) is 13.2. The monoisotopic (exact) mass is 333 g/mol. The van der Waals surface area contributed by atoms with E-state index in [9.17, 15) is 14.7 Å². The molecule has 0 saturated heterocycles. The number of nitrogens with zero attached hydrogens (tertiary/aromatic N) is 3. The van der Waals surface area contributed by atoms with Gasteiger partial charge in [0.15, 0.2) is 5.69 Å². The Morgan fingerprint density at radius 2 is 1.72 bits per heavy atom. The van der Waals surface area contributed by atoms with E-state index < -0.39 is 11.9 Å². The number of hydrogen-bond donors (Lipinski definition) is 1. The molecular weight excluding hydrogens is 318 g/mol. The number of carboxylic acid groups (broad SMARTS) is 1. The van der Waals surface area contributed by atoms with E-state index in [1.54, 1.807) is 41.2 Å². The highest BCUT2D eigenvalue weighted by Gasteiger charge is 2.37. The molecule has 0 saturated carbocycles. The van der Waals surface area contributed by atoms with E-state index in [0.29, 0.717) is 11.3 Å². The molecule has 0 spiro atoms. The van der Waals surface area contributed by atoms with E-state index >= 15 is 0 Å². The maximum atomic E-state index is 12.9. The molecule has 1 aliphatic heterocycles. The lowest BCUT2D eigenvalue weighted by molar-refractivity contribution is -0.138. The molecule has 2 heterocycles. The molecule has 1 atom stereocenters. The maximum absolute atomic E-state index is 12.9. The van der Waals surface area contributed by atoms with Gasteiger partial charge in [-0.05, 0) is 29.8 Å². The zero-order chi connectivity index (χ0) is 17.4. The van der Waals surface area contributed by atoms with Gasteiger partial charge >= 0.3 is 5.97 Å². The van der Waals surface area contributed by atoms with Crippen molar-refractivity contribution in [3.05, 3.63) is 78.1 Å². The Hall–Kier alpha value is -3.41. The van der Waals surface area contributed by atoms with Crippen molar-refractivity contribution in [2.75, 3.05) is 11.4 Å². The van der Waals surface area contributed by atoms with Crippen LogP contribution in [-0.2, 0) is 4.79 Å². The zero-order valence-electron chi connectivity index (χ0n) is 13.2. The molecule has 2 aromatic carbocycles. The first kappa shape index (κ1) is 15.1. The molecule has 0 bridgehead atoms. The summed E-state index contributed by atoms with van der Waals surface area (Å²) in [5.41, 5.74) is 2.43. The Bertz CT molecular complexity index is 949. The van der Waals surface area contributed by atoms with Crippen LogP contribution in [0.5, 0.6) is 0 Å². The third kappa shape index (κ3) is 2.57. The number of aliphatic carboxylic acids is 1.